The summed E-state index contributed by atoms with van der Waals surface area (Å²) in [5.74, 6) is 0.627. The maximum Gasteiger partial charge on any atom is 0.394 e. The maximum atomic E-state index is 9.93. The standard InChI is InChI=1S/C4H6OS2.Cu.2H2O4S/c1-2-3-7-4(5)6;;2*1-5(2,3)4/h2H,1,3H2,(H,5,6);;2*(H2,1,2,3,4)/p-3. The van der Waals surface area contributed by atoms with Crippen molar-refractivity contribution in [3.63, 3.8) is 0 Å². The zero-order chi connectivity index (χ0) is 14.7. The largest absolute Gasteiger partial charge is 0.759 e. The van der Waals surface area contributed by atoms with Crippen molar-refractivity contribution >= 4 is 49.6 Å². The number of thioether (sulfide) groups is 1. The normalized spacial score (nSPS) is 9.56. The summed E-state index contributed by atoms with van der Waals surface area (Å²) in [5, 5.41) is 0. The van der Waals surface area contributed by atoms with Crippen LogP contribution in [0.3, 0.4) is 0 Å². The number of hydrogen-bond acceptors (Lipinski definition) is 9. The number of carbonyl (C=O) groups excluding carboxylic acids is 1. The van der Waals surface area contributed by atoms with E-state index in [0.717, 1.165) is 11.8 Å². The molecule has 0 aromatic heterocycles. The van der Waals surface area contributed by atoms with Gasteiger partial charge in [0, 0.05) is 33.2 Å². The van der Waals surface area contributed by atoms with Gasteiger partial charge in [-0.25, -0.2) is 0 Å². The molecule has 2 N–H and O–H groups in total. The molecular weight excluding hydrogens is 384 g/mol. The Hall–Kier alpha value is 0.239. The van der Waals surface area contributed by atoms with Crippen LogP contribution in [0.15, 0.2) is 12.7 Å². The quantitative estimate of drug-likeness (QED) is 0.206. The fourth-order valence-corrected chi connectivity index (χ4v) is 0.585. The van der Waals surface area contributed by atoms with Crippen LogP contribution in [0, 0.1) is 0 Å². The topological polar surface area (TPSA) is 172 Å². The van der Waals surface area contributed by atoms with Crippen LogP contribution in [-0.4, -0.2) is 45.2 Å². The smallest absolute Gasteiger partial charge is 0.394 e. The molecule has 1 radical (unpaired) electrons. The zero-order valence-corrected chi connectivity index (χ0v) is 12.4. The van der Waals surface area contributed by atoms with Crippen LogP contribution in [0.5, 0.6) is 0 Å². The molecule has 0 aliphatic heterocycles. The molecule has 0 fully saturated rings. The third-order valence-corrected chi connectivity index (χ3v) is 1.31. The Labute approximate surface area is 124 Å². The molecule has 0 aliphatic carbocycles. The van der Waals surface area contributed by atoms with E-state index in [1.165, 1.54) is 0 Å². The van der Waals surface area contributed by atoms with Crippen LogP contribution in [0.25, 0.3) is 0 Å². The first kappa shape index (κ1) is 26.7. The van der Waals surface area contributed by atoms with Gasteiger partial charge in [0.25, 0.3) is 0 Å². The summed E-state index contributed by atoms with van der Waals surface area (Å²) in [6, 6.07) is 0. The molecule has 0 atom stereocenters. The van der Waals surface area contributed by atoms with Gasteiger partial charge in [-0.3, -0.25) is 17.5 Å². The fraction of sp³-hybridized carbons (Fsp3) is 0.250. The van der Waals surface area contributed by atoms with Gasteiger partial charge in [0.15, 0.2) is 0 Å². The number of carbonyl (C=O) groups is 1. The molecule has 0 aliphatic rings. The molecule has 0 aromatic rings. The summed E-state index contributed by atoms with van der Waals surface area (Å²) in [6.07, 6.45) is 1.65. The molecule has 0 saturated heterocycles. The Balaban J connectivity index is -0.0000000813. The van der Waals surface area contributed by atoms with E-state index in [0.29, 0.717) is 5.75 Å². The van der Waals surface area contributed by atoms with E-state index in [2.05, 4.69) is 19.2 Å². The van der Waals surface area contributed by atoms with Gasteiger partial charge < -0.3 is 26.5 Å². The van der Waals surface area contributed by atoms with E-state index in [9.17, 15) is 4.79 Å². The first-order chi connectivity index (χ1) is 7.27. The number of rotatable bonds is 2. The van der Waals surface area contributed by atoms with Crippen molar-refractivity contribution in [2.75, 3.05) is 5.75 Å². The van der Waals surface area contributed by atoms with E-state index in [1.807, 2.05) is 0 Å². The van der Waals surface area contributed by atoms with E-state index in [4.69, 9.17) is 35.0 Å². The molecule has 0 spiro atoms. The average molecular weight is 391 g/mol. The van der Waals surface area contributed by atoms with Gasteiger partial charge in [0.05, 0.1) is 4.45 Å². The third kappa shape index (κ3) is 210. The third-order valence-electron chi connectivity index (χ3n) is 0.319. The summed E-state index contributed by atoms with van der Waals surface area (Å²) in [5.41, 5.74) is 0. The predicted octanol–water partition coefficient (Wildman–Crippen LogP) is -0.421. The fourth-order valence-electron chi connectivity index (χ4n) is 0.127. The van der Waals surface area contributed by atoms with Crippen LogP contribution in [0.1, 0.15) is 0 Å². The molecule has 0 unspecified atom stereocenters. The van der Waals surface area contributed by atoms with Crippen LogP contribution in [0.4, 0.5) is 4.79 Å². The van der Waals surface area contributed by atoms with Gasteiger partial charge >= 0.3 is 10.4 Å². The van der Waals surface area contributed by atoms with Crippen molar-refractivity contribution in [1.29, 1.82) is 0 Å². The van der Waals surface area contributed by atoms with Gasteiger partial charge in [0.1, 0.15) is 0 Å². The molecule has 18 heavy (non-hydrogen) atoms. The summed E-state index contributed by atoms with van der Waals surface area (Å²) in [4.78, 5) is 9.93. The Kier molecular flexibility index (Phi) is 20.3. The first-order valence-corrected chi connectivity index (χ1v) is 7.21. The summed E-state index contributed by atoms with van der Waals surface area (Å²) in [6.45, 7) is 3.41. The Morgan fingerprint density at radius 2 is 1.50 bits per heavy atom. The molecule has 0 aromatic carbocycles. The molecule has 0 bridgehead atoms. The van der Waals surface area contributed by atoms with Gasteiger partial charge in [-0.05, 0) is 0 Å². The minimum absolute atomic E-state index is 0. The van der Waals surface area contributed by atoms with E-state index < -0.39 is 20.8 Å². The van der Waals surface area contributed by atoms with E-state index in [-0.39, 0.29) is 21.5 Å². The summed E-state index contributed by atoms with van der Waals surface area (Å²) in [7, 11) is -9.83. The van der Waals surface area contributed by atoms with Crippen molar-refractivity contribution in [3.05, 3.63) is 12.7 Å². The van der Waals surface area contributed by atoms with Crippen molar-refractivity contribution in [2.24, 2.45) is 0 Å². The SMILES string of the molecule is C=CCSC(=O)[S-].O=S(=O)(O)O.O=S(=O)([O-])[O-].[Cu]. The Morgan fingerprint density at radius 3 is 1.56 bits per heavy atom. The second-order valence-electron chi connectivity index (χ2n) is 1.71. The van der Waals surface area contributed by atoms with Gasteiger partial charge in [-0.1, -0.05) is 6.08 Å². The summed E-state index contributed by atoms with van der Waals surface area (Å²) >= 11 is 5.31. The molecule has 9 nitrogen and oxygen atoms in total. The van der Waals surface area contributed by atoms with Crippen LogP contribution >= 0.6 is 11.8 Å². The van der Waals surface area contributed by atoms with Crippen molar-refractivity contribution in [2.45, 2.75) is 0 Å². The number of hydrogen-bond donors (Lipinski definition) is 2. The molecule has 0 heterocycles. The second-order valence-corrected chi connectivity index (χ2v) is 5.04. The second kappa shape index (κ2) is 13.7. The van der Waals surface area contributed by atoms with E-state index >= 15 is 0 Å². The van der Waals surface area contributed by atoms with E-state index in [1.54, 1.807) is 6.08 Å². The molecule has 0 saturated carbocycles. The van der Waals surface area contributed by atoms with Crippen molar-refractivity contribution in [3.8, 4) is 0 Å². The molecule has 0 rings (SSSR count). The van der Waals surface area contributed by atoms with Crippen LogP contribution < -0.4 is 0 Å². The van der Waals surface area contributed by atoms with Gasteiger partial charge in [-0.15, -0.1) is 18.3 Å². The minimum atomic E-state index is -5.17. The Morgan fingerprint density at radius 1 is 1.28 bits per heavy atom. The maximum absolute atomic E-state index is 9.93. The zero-order valence-electron chi connectivity index (χ0n) is 8.18. The minimum Gasteiger partial charge on any atom is -0.759 e. The van der Waals surface area contributed by atoms with Crippen LogP contribution in [-0.2, 0) is 50.5 Å². The monoisotopic (exact) mass is 390 g/mol. The summed E-state index contributed by atoms with van der Waals surface area (Å²) < 4.78 is 65.4. The van der Waals surface area contributed by atoms with Gasteiger partial charge in [0.2, 0.25) is 0 Å². The Bertz CT molecular complexity index is 366. The first-order valence-electron chi connectivity index (χ1n) is 3.08. The predicted molar refractivity (Wildman–Crippen MR) is 60.1 cm³/mol. The molecule has 115 valence electrons. The molecular formula is C4H7CuO9S4-3. The molecule has 14 heteroatoms. The van der Waals surface area contributed by atoms with Crippen LogP contribution in [0.2, 0.25) is 0 Å². The van der Waals surface area contributed by atoms with Crippen molar-refractivity contribution in [1.82, 2.24) is 0 Å². The van der Waals surface area contributed by atoms with Gasteiger partial charge in [-0.2, -0.15) is 8.42 Å². The van der Waals surface area contributed by atoms with Crippen molar-refractivity contribution < 1.29 is 56.9 Å². The molecule has 0 amide bonds. The average Bonchev–Trinajstić information content (AvgIpc) is 1.93.